The Morgan fingerprint density at radius 2 is 1.36 bits per heavy atom. The van der Waals surface area contributed by atoms with Gasteiger partial charge in [0.1, 0.15) is 16.5 Å². The first kappa shape index (κ1) is 29.7. The van der Waals surface area contributed by atoms with Gasteiger partial charge >= 0.3 is 0 Å². The molecule has 2 aliphatic rings. The number of hydrogen-bond donors (Lipinski definition) is 1. The van der Waals surface area contributed by atoms with Crippen molar-refractivity contribution in [1.29, 1.82) is 0 Å². The Morgan fingerprint density at radius 1 is 0.738 bits per heavy atom. The Bertz CT molecular complexity index is 1670. The predicted molar refractivity (Wildman–Crippen MR) is 173 cm³/mol. The number of carbonyl (C=O) groups excluding carboxylic acids is 2. The molecule has 0 unspecified atom stereocenters. The molecule has 3 aromatic heterocycles. The molecular formula is C34H36N4O2S2. The van der Waals surface area contributed by atoms with Gasteiger partial charge in [0.25, 0.3) is 0 Å². The number of fused-ring (bicyclic) bond motifs is 2. The average Bonchev–Trinajstić information content (AvgIpc) is 3.56. The summed E-state index contributed by atoms with van der Waals surface area (Å²) < 4.78 is 1.26. The normalized spacial score (nSPS) is 14.3. The number of aryl methyl sites for hydroxylation is 3. The molecule has 2 aromatic carbocycles. The maximum Gasteiger partial charge on any atom is 0.206 e. The number of benzene rings is 2. The molecular weight excluding hydrogens is 561 g/mol. The summed E-state index contributed by atoms with van der Waals surface area (Å²) in [7, 11) is 0. The van der Waals surface area contributed by atoms with Crippen molar-refractivity contribution in [3.05, 3.63) is 92.4 Å². The number of hydrogen-bond acceptors (Lipinski definition) is 8. The predicted octanol–water partition coefficient (Wildman–Crippen LogP) is 8.33. The third-order valence-electron chi connectivity index (χ3n) is 7.40. The van der Waals surface area contributed by atoms with Crippen molar-refractivity contribution in [1.82, 2.24) is 15.0 Å². The first-order valence-electron chi connectivity index (χ1n) is 14.6. The minimum absolute atomic E-state index is 0.0568. The number of pyridine rings is 1. The van der Waals surface area contributed by atoms with Crippen molar-refractivity contribution in [2.24, 2.45) is 0 Å². The number of rotatable bonds is 3. The van der Waals surface area contributed by atoms with Gasteiger partial charge in [-0.3, -0.25) is 9.59 Å². The highest BCUT2D eigenvalue weighted by Gasteiger charge is 2.21. The molecule has 1 fully saturated rings. The first-order chi connectivity index (χ1) is 20.4. The van der Waals surface area contributed by atoms with Gasteiger partial charge in [-0.25, -0.2) is 15.0 Å². The SMILES string of the molecule is Cc1nc(N)c(C(=O)c2ccccc2)s1.Cc1nc2nc3c(c(-c4ccccc4)c2s1)CCCC3.O=C1CCCCC1. The lowest BCUT2D eigenvalue weighted by molar-refractivity contribution is -0.120. The van der Waals surface area contributed by atoms with Gasteiger partial charge < -0.3 is 5.73 Å². The molecule has 0 saturated heterocycles. The van der Waals surface area contributed by atoms with Gasteiger partial charge in [0.2, 0.25) is 5.78 Å². The molecule has 2 aliphatic carbocycles. The number of thiazole rings is 2. The fraction of sp³-hybridized carbons (Fsp3) is 0.324. The van der Waals surface area contributed by atoms with Crippen LogP contribution in [0.25, 0.3) is 21.5 Å². The summed E-state index contributed by atoms with van der Waals surface area (Å²) >= 11 is 3.10. The Morgan fingerprint density at radius 3 is 1.98 bits per heavy atom. The highest BCUT2D eigenvalue weighted by atomic mass is 32.1. The van der Waals surface area contributed by atoms with E-state index in [0.717, 1.165) is 54.2 Å². The fourth-order valence-electron chi connectivity index (χ4n) is 5.38. The number of ketones is 2. The van der Waals surface area contributed by atoms with Crippen LogP contribution in [0.4, 0.5) is 5.82 Å². The highest BCUT2D eigenvalue weighted by molar-refractivity contribution is 7.19. The van der Waals surface area contributed by atoms with Crippen LogP contribution in [0, 0.1) is 13.8 Å². The van der Waals surface area contributed by atoms with Gasteiger partial charge in [0.15, 0.2) is 5.65 Å². The Labute approximate surface area is 255 Å². The van der Waals surface area contributed by atoms with E-state index in [0.29, 0.717) is 22.0 Å². The lowest BCUT2D eigenvalue weighted by Crippen LogP contribution is -2.07. The van der Waals surface area contributed by atoms with Crippen LogP contribution in [0.5, 0.6) is 0 Å². The van der Waals surface area contributed by atoms with E-state index in [4.69, 9.17) is 10.7 Å². The standard InChI is InChI=1S/C17H16N2S.C11H10N2OS.C6H10O/c1-11-18-17-16(20-11)15(12-7-3-2-4-8-12)13-9-5-6-10-14(13)19-17;1-7-13-11(12)10(15-7)9(14)8-5-3-2-4-6-8;7-6-4-2-1-3-5-6/h2-4,7-8H,5-6,9-10H2,1H3;2-6H,12H2,1H3;1-5H2. The van der Waals surface area contributed by atoms with Crippen LogP contribution in [0.3, 0.4) is 0 Å². The number of nitrogens with zero attached hydrogens (tertiary/aromatic N) is 3. The molecule has 1 saturated carbocycles. The maximum atomic E-state index is 12.0. The largest absolute Gasteiger partial charge is 0.382 e. The second-order valence-corrected chi connectivity index (χ2v) is 13.0. The number of anilines is 1. The molecule has 0 amide bonds. The molecule has 216 valence electrons. The Hall–Kier alpha value is -3.75. The van der Waals surface area contributed by atoms with Gasteiger partial charge in [-0.2, -0.15) is 0 Å². The molecule has 0 aliphatic heterocycles. The molecule has 2 N–H and O–H groups in total. The molecule has 8 heteroatoms. The van der Waals surface area contributed by atoms with Crippen molar-refractivity contribution < 1.29 is 9.59 Å². The van der Waals surface area contributed by atoms with Gasteiger partial charge in [-0.1, -0.05) is 67.1 Å². The third kappa shape index (κ3) is 7.17. The molecule has 5 aromatic rings. The minimum Gasteiger partial charge on any atom is -0.382 e. The smallest absolute Gasteiger partial charge is 0.206 e. The van der Waals surface area contributed by atoms with E-state index in [2.05, 4.69) is 47.2 Å². The zero-order valence-corrected chi connectivity index (χ0v) is 25.8. The van der Waals surface area contributed by atoms with Crippen LogP contribution in [0.15, 0.2) is 60.7 Å². The highest BCUT2D eigenvalue weighted by Crippen LogP contribution is 2.38. The third-order valence-corrected chi connectivity index (χ3v) is 9.36. The monoisotopic (exact) mass is 596 g/mol. The van der Waals surface area contributed by atoms with E-state index in [1.165, 1.54) is 57.7 Å². The van der Waals surface area contributed by atoms with Crippen molar-refractivity contribution in [3.8, 4) is 11.1 Å². The zero-order chi connectivity index (χ0) is 29.5. The zero-order valence-electron chi connectivity index (χ0n) is 24.2. The topological polar surface area (TPSA) is 98.8 Å². The van der Waals surface area contributed by atoms with E-state index in [1.54, 1.807) is 23.5 Å². The number of Topliss-reactive ketones (excluding diaryl/α,β-unsaturated/α-hetero) is 1. The van der Waals surface area contributed by atoms with Crippen molar-refractivity contribution >= 4 is 50.4 Å². The van der Waals surface area contributed by atoms with E-state index in [-0.39, 0.29) is 5.78 Å². The second kappa shape index (κ2) is 13.9. The molecule has 3 heterocycles. The fourth-order valence-corrected chi connectivity index (χ4v) is 7.14. The average molecular weight is 597 g/mol. The molecule has 7 rings (SSSR count). The van der Waals surface area contributed by atoms with Crippen molar-refractivity contribution in [2.75, 3.05) is 5.73 Å². The van der Waals surface area contributed by atoms with Crippen LogP contribution in [-0.2, 0) is 17.6 Å². The van der Waals surface area contributed by atoms with Crippen LogP contribution in [0.2, 0.25) is 0 Å². The minimum atomic E-state index is -0.0568. The van der Waals surface area contributed by atoms with Crippen LogP contribution < -0.4 is 5.73 Å². The summed E-state index contributed by atoms with van der Waals surface area (Å²) in [5.74, 6) is 0.733. The molecule has 42 heavy (non-hydrogen) atoms. The summed E-state index contributed by atoms with van der Waals surface area (Å²) in [5, 5.41) is 1.92. The van der Waals surface area contributed by atoms with Crippen LogP contribution in [-0.4, -0.2) is 26.5 Å². The Balaban J connectivity index is 0.000000141. The van der Waals surface area contributed by atoms with E-state index in [9.17, 15) is 9.59 Å². The maximum absolute atomic E-state index is 12.0. The van der Waals surface area contributed by atoms with E-state index >= 15 is 0 Å². The summed E-state index contributed by atoms with van der Waals surface area (Å²) in [6, 6.07) is 19.8. The summed E-state index contributed by atoms with van der Waals surface area (Å²) in [4.78, 5) is 36.4. The van der Waals surface area contributed by atoms with Crippen LogP contribution >= 0.6 is 22.7 Å². The molecule has 6 nitrogen and oxygen atoms in total. The van der Waals surface area contributed by atoms with Crippen molar-refractivity contribution in [2.45, 2.75) is 71.6 Å². The van der Waals surface area contributed by atoms with Crippen molar-refractivity contribution in [3.63, 3.8) is 0 Å². The van der Waals surface area contributed by atoms with E-state index in [1.807, 2.05) is 25.1 Å². The van der Waals surface area contributed by atoms with Crippen LogP contribution in [0.1, 0.15) is 81.5 Å². The lowest BCUT2D eigenvalue weighted by atomic mass is 9.89. The molecule has 0 spiro atoms. The molecule has 0 atom stereocenters. The molecule has 0 radical (unpaired) electrons. The quantitative estimate of drug-likeness (QED) is 0.210. The Kier molecular flexibility index (Phi) is 9.87. The second-order valence-electron chi connectivity index (χ2n) is 10.6. The number of nitrogen functional groups attached to an aromatic ring is 1. The number of nitrogens with two attached hydrogens (primary N) is 1. The first-order valence-corrected chi connectivity index (χ1v) is 16.2. The number of carbonyl (C=O) groups is 2. The summed E-state index contributed by atoms with van der Waals surface area (Å²) in [5.41, 5.74) is 12.7. The van der Waals surface area contributed by atoms with E-state index < -0.39 is 0 Å². The number of aromatic nitrogens is 3. The summed E-state index contributed by atoms with van der Waals surface area (Å²) in [6.45, 7) is 3.91. The molecule has 0 bridgehead atoms. The summed E-state index contributed by atoms with van der Waals surface area (Å²) in [6.07, 6.45) is 10.0. The lowest BCUT2D eigenvalue weighted by Gasteiger charge is -2.19. The van der Waals surface area contributed by atoms with Gasteiger partial charge in [-0.15, -0.1) is 22.7 Å². The van der Waals surface area contributed by atoms with Gasteiger partial charge in [0.05, 0.1) is 14.7 Å². The van der Waals surface area contributed by atoms with Gasteiger partial charge in [-0.05, 0) is 63.5 Å². The van der Waals surface area contributed by atoms with Gasteiger partial charge in [0, 0.05) is 29.7 Å².